The fourth-order valence-electron chi connectivity index (χ4n) is 2.63. The molecule has 0 spiro atoms. The van der Waals surface area contributed by atoms with E-state index in [1.165, 1.54) is 6.42 Å². The molecule has 0 amide bonds. The number of aromatic carboxylic acids is 1. The Balaban J connectivity index is 2.38. The zero-order chi connectivity index (χ0) is 12.5. The third kappa shape index (κ3) is 2.34. The molecule has 1 aliphatic carbocycles. The first kappa shape index (κ1) is 12.1. The van der Waals surface area contributed by atoms with Crippen molar-refractivity contribution in [2.45, 2.75) is 44.6 Å². The molecule has 1 fully saturated rings. The Morgan fingerprint density at radius 1 is 1.29 bits per heavy atom. The predicted molar refractivity (Wildman–Crippen MR) is 67.1 cm³/mol. The van der Waals surface area contributed by atoms with E-state index in [2.05, 4.69) is 0 Å². The molecule has 0 heterocycles. The molecule has 0 aliphatic heterocycles. The van der Waals surface area contributed by atoms with Crippen LogP contribution in [0.4, 0.5) is 0 Å². The molecule has 1 aliphatic rings. The highest BCUT2D eigenvalue weighted by atomic mass is 16.4. The Labute approximate surface area is 102 Å². The normalized spacial score (nSPS) is 18.9. The number of hydrogen-bond acceptors (Lipinski definition) is 2. The van der Waals surface area contributed by atoms with Gasteiger partial charge in [0.15, 0.2) is 0 Å². The molecule has 3 nitrogen and oxygen atoms in total. The maximum Gasteiger partial charge on any atom is 0.335 e. The van der Waals surface area contributed by atoms with Gasteiger partial charge in [-0.05, 0) is 37.0 Å². The van der Waals surface area contributed by atoms with Gasteiger partial charge in [0.05, 0.1) is 5.56 Å². The summed E-state index contributed by atoms with van der Waals surface area (Å²) >= 11 is 0. The highest BCUT2D eigenvalue weighted by molar-refractivity contribution is 5.89. The van der Waals surface area contributed by atoms with Crippen molar-refractivity contribution in [3.8, 4) is 0 Å². The van der Waals surface area contributed by atoms with Gasteiger partial charge in [-0.25, -0.2) is 4.79 Å². The Morgan fingerprint density at radius 2 is 1.94 bits per heavy atom. The average molecular weight is 233 g/mol. The van der Waals surface area contributed by atoms with Crippen molar-refractivity contribution in [1.82, 2.24) is 0 Å². The monoisotopic (exact) mass is 233 g/mol. The number of aryl methyl sites for hydroxylation is 1. The van der Waals surface area contributed by atoms with E-state index >= 15 is 0 Å². The lowest BCUT2D eigenvalue weighted by Crippen LogP contribution is -2.38. The first-order valence-corrected chi connectivity index (χ1v) is 6.16. The average Bonchev–Trinajstić information content (AvgIpc) is 2.30. The van der Waals surface area contributed by atoms with Crippen LogP contribution in [0.2, 0.25) is 0 Å². The molecule has 92 valence electrons. The van der Waals surface area contributed by atoms with Gasteiger partial charge < -0.3 is 10.8 Å². The van der Waals surface area contributed by atoms with Crippen LogP contribution in [0.5, 0.6) is 0 Å². The van der Waals surface area contributed by atoms with Crippen LogP contribution >= 0.6 is 0 Å². The van der Waals surface area contributed by atoms with E-state index in [1.807, 2.05) is 19.1 Å². The lowest BCUT2D eigenvalue weighted by molar-refractivity contribution is 0.0696. The molecular weight excluding hydrogens is 214 g/mol. The number of nitrogens with two attached hydrogens (primary N) is 1. The highest BCUT2D eigenvalue weighted by Gasteiger charge is 2.30. The maximum atomic E-state index is 11.1. The second-order valence-corrected chi connectivity index (χ2v) is 5.05. The van der Waals surface area contributed by atoms with Crippen molar-refractivity contribution in [3.05, 3.63) is 34.9 Å². The van der Waals surface area contributed by atoms with Gasteiger partial charge in [0, 0.05) is 5.54 Å². The van der Waals surface area contributed by atoms with Crippen LogP contribution in [0.25, 0.3) is 0 Å². The van der Waals surface area contributed by atoms with Gasteiger partial charge in [-0.2, -0.15) is 0 Å². The first-order chi connectivity index (χ1) is 8.03. The molecule has 0 unspecified atom stereocenters. The van der Waals surface area contributed by atoms with E-state index < -0.39 is 5.97 Å². The lowest BCUT2D eigenvalue weighted by atomic mass is 9.77. The Morgan fingerprint density at radius 3 is 2.53 bits per heavy atom. The molecule has 0 bridgehead atoms. The largest absolute Gasteiger partial charge is 0.478 e. The number of carboxylic acids is 1. The second-order valence-electron chi connectivity index (χ2n) is 5.05. The summed E-state index contributed by atoms with van der Waals surface area (Å²) in [7, 11) is 0. The van der Waals surface area contributed by atoms with Crippen LogP contribution in [0, 0.1) is 6.92 Å². The van der Waals surface area contributed by atoms with E-state index in [-0.39, 0.29) is 5.54 Å². The topological polar surface area (TPSA) is 63.3 Å². The Kier molecular flexibility index (Phi) is 3.20. The third-order valence-corrected chi connectivity index (χ3v) is 3.79. The van der Waals surface area contributed by atoms with Crippen LogP contribution < -0.4 is 5.73 Å². The summed E-state index contributed by atoms with van der Waals surface area (Å²) in [4.78, 5) is 11.1. The van der Waals surface area contributed by atoms with Crippen molar-refractivity contribution in [2.75, 3.05) is 0 Å². The smallest absolute Gasteiger partial charge is 0.335 e. The summed E-state index contributed by atoms with van der Waals surface area (Å²) < 4.78 is 0. The number of carboxylic acid groups (broad SMARTS) is 1. The minimum Gasteiger partial charge on any atom is -0.478 e. The lowest BCUT2D eigenvalue weighted by Gasteiger charge is -2.34. The van der Waals surface area contributed by atoms with Crippen LogP contribution in [-0.2, 0) is 5.54 Å². The second kappa shape index (κ2) is 4.49. The molecule has 0 radical (unpaired) electrons. The van der Waals surface area contributed by atoms with Crippen molar-refractivity contribution in [2.24, 2.45) is 5.73 Å². The van der Waals surface area contributed by atoms with Gasteiger partial charge in [-0.3, -0.25) is 0 Å². The molecule has 1 aromatic rings. The minimum atomic E-state index is -0.872. The molecule has 0 atom stereocenters. The van der Waals surface area contributed by atoms with Crippen LogP contribution in [-0.4, -0.2) is 11.1 Å². The number of benzene rings is 1. The molecule has 1 saturated carbocycles. The van der Waals surface area contributed by atoms with E-state index in [0.717, 1.165) is 36.8 Å². The van der Waals surface area contributed by atoms with E-state index in [9.17, 15) is 4.79 Å². The summed E-state index contributed by atoms with van der Waals surface area (Å²) in [6.45, 7) is 1.82. The fraction of sp³-hybridized carbons (Fsp3) is 0.500. The van der Waals surface area contributed by atoms with Crippen molar-refractivity contribution < 1.29 is 9.90 Å². The van der Waals surface area contributed by atoms with Gasteiger partial charge in [0.25, 0.3) is 0 Å². The standard InChI is InChI=1S/C14H19NO2/c1-10-5-6-11(9-12(10)13(16)17)14(15)7-3-2-4-8-14/h5-6,9H,2-4,7-8,15H2,1H3,(H,16,17). The summed E-state index contributed by atoms with van der Waals surface area (Å²) in [6, 6.07) is 5.60. The number of rotatable bonds is 2. The number of carbonyl (C=O) groups is 1. The third-order valence-electron chi connectivity index (χ3n) is 3.79. The maximum absolute atomic E-state index is 11.1. The Bertz CT molecular complexity index is 434. The molecular formula is C14H19NO2. The molecule has 0 aromatic heterocycles. The zero-order valence-electron chi connectivity index (χ0n) is 10.2. The SMILES string of the molecule is Cc1ccc(C2(N)CCCCC2)cc1C(=O)O. The molecule has 1 aromatic carbocycles. The van der Waals surface area contributed by atoms with Crippen LogP contribution in [0.1, 0.15) is 53.6 Å². The Hall–Kier alpha value is -1.35. The molecule has 2 rings (SSSR count). The van der Waals surface area contributed by atoms with Gasteiger partial charge in [-0.1, -0.05) is 31.4 Å². The quantitative estimate of drug-likeness (QED) is 0.825. The molecule has 17 heavy (non-hydrogen) atoms. The van der Waals surface area contributed by atoms with Crippen molar-refractivity contribution in [1.29, 1.82) is 0 Å². The van der Waals surface area contributed by atoms with Gasteiger partial charge in [0.2, 0.25) is 0 Å². The van der Waals surface area contributed by atoms with E-state index in [1.54, 1.807) is 6.07 Å². The molecule has 3 N–H and O–H groups in total. The van der Waals surface area contributed by atoms with Crippen molar-refractivity contribution >= 4 is 5.97 Å². The molecule has 3 heteroatoms. The summed E-state index contributed by atoms with van der Waals surface area (Å²) in [5.74, 6) is -0.872. The fourth-order valence-corrected chi connectivity index (χ4v) is 2.63. The molecule has 0 saturated heterocycles. The summed E-state index contributed by atoms with van der Waals surface area (Å²) in [5, 5.41) is 9.13. The number of hydrogen-bond donors (Lipinski definition) is 2. The minimum absolute atomic E-state index is 0.323. The summed E-state index contributed by atoms with van der Waals surface area (Å²) in [6.07, 6.45) is 5.40. The predicted octanol–water partition coefficient (Wildman–Crippen LogP) is 2.81. The van der Waals surface area contributed by atoms with E-state index in [0.29, 0.717) is 5.56 Å². The van der Waals surface area contributed by atoms with Crippen LogP contribution in [0.15, 0.2) is 18.2 Å². The first-order valence-electron chi connectivity index (χ1n) is 6.16. The van der Waals surface area contributed by atoms with Gasteiger partial charge in [0.1, 0.15) is 0 Å². The van der Waals surface area contributed by atoms with Gasteiger partial charge in [-0.15, -0.1) is 0 Å². The highest BCUT2D eigenvalue weighted by Crippen LogP contribution is 2.35. The zero-order valence-corrected chi connectivity index (χ0v) is 10.2. The van der Waals surface area contributed by atoms with Gasteiger partial charge >= 0.3 is 5.97 Å². The van der Waals surface area contributed by atoms with Crippen LogP contribution in [0.3, 0.4) is 0 Å². The van der Waals surface area contributed by atoms with E-state index in [4.69, 9.17) is 10.8 Å². The summed E-state index contributed by atoms with van der Waals surface area (Å²) in [5.41, 5.74) is 8.22. The van der Waals surface area contributed by atoms with Crippen molar-refractivity contribution in [3.63, 3.8) is 0 Å².